The molecular formula is C28H26N4O3S. The van der Waals surface area contributed by atoms with Gasteiger partial charge in [0.2, 0.25) is 15.9 Å². The summed E-state index contributed by atoms with van der Waals surface area (Å²) >= 11 is 0. The van der Waals surface area contributed by atoms with Crippen LogP contribution in [0.3, 0.4) is 0 Å². The quantitative estimate of drug-likeness (QED) is 0.213. The van der Waals surface area contributed by atoms with Crippen LogP contribution in [0.15, 0.2) is 108 Å². The first-order valence-electron chi connectivity index (χ1n) is 11.2. The molecule has 0 aliphatic carbocycles. The molecule has 1 amide bonds. The lowest BCUT2D eigenvalue weighted by Gasteiger charge is -2.18. The number of nitrogens with two attached hydrogens (primary N) is 2. The molecule has 0 bridgehead atoms. The molecule has 4 aromatic rings. The van der Waals surface area contributed by atoms with Gasteiger partial charge in [0.05, 0.1) is 10.8 Å². The fraction of sp³-hybridized carbons (Fsp3) is 0.0714. The third-order valence-electron chi connectivity index (χ3n) is 5.84. The number of nitrogen functional groups attached to an aromatic ring is 1. The SMILES string of the molecule is N=C(N)c1cccc(CC(C(=O)Nc2ccc(-c3cccc(S(N)(=O)=O)c3)cc2)c2ccccc2)c1. The van der Waals surface area contributed by atoms with Gasteiger partial charge in [0.15, 0.2) is 0 Å². The summed E-state index contributed by atoms with van der Waals surface area (Å²) in [4.78, 5) is 13.4. The number of anilines is 1. The molecule has 7 nitrogen and oxygen atoms in total. The lowest BCUT2D eigenvalue weighted by molar-refractivity contribution is -0.117. The van der Waals surface area contributed by atoms with Crippen molar-refractivity contribution in [2.24, 2.45) is 10.9 Å². The van der Waals surface area contributed by atoms with E-state index in [2.05, 4.69) is 5.32 Å². The van der Waals surface area contributed by atoms with E-state index < -0.39 is 15.9 Å². The lowest BCUT2D eigenvalue weighted by Crippen LogP contribution is -2.23. The van der Waals surface area contributed by atoms with Gasteiger partial charge in [-0.2, -0.15) is 0 Å². The maximum atomic E-state index is 13.4. The smallest absolute Gasteiger partial charge is 0.238 e. The second-order valence-corrected chi connectivity index (χ2v) is 9.98. The highest BCUT2D eigenvalue weighted by Crippen LogP contribution is 2.26. The maximum Gasteiger partial charge on any atom is 0.238 e. The van der Waals surface area contributed by atoms with Gasteiger partial charge in [-0.1, -0.05) is 72.8 Å². The minimum absolute atomic E-state index is 0.0211. The van der Waals surface area contributed by atoms with Crippen LogP contribution in [0.1, 0.15) is 22.6 Å². The molecule has 1 unspecified atom stereocenters. The normalized spacial score (nSPS) is 12.0. The Morgan fingerprint density at radius 3 is 2.19 bits per heavy atom. The summed E-state index contributed by atoms with van der Waals surface area (Å²) in [5, 5.41) is 15.9. The van der Waals surface area contributed by atoms with E-state index in [0.717, 1.165) is 16.7 Å². The number of carbonyl (C=O) groups excluding carboxylic acids is 1. The van der Waals surface area contributed by atoms with E-state index in [1.54, 1.807) is 30.3 Å². The van der Waals surface area contributed by atoms with Crippen molar-refractivity contribution in [3.05, 3.63) is 120 Å². The number of benzene rings is 4. The molecule has 6 N–H and O–H groups in total. The Bertz CT molecular complexity index is 1500. The highest BCUT2D eigenvalue weighted by molar-refractivity contribution is 7.89. The van der Waals surface area contributed by atoms with E-state index in [9.17, 15) is 13.2 Å². The van der Waals surface area contributed by atoms with Crippen molar-refractivity contribution < 1.29 is 13.2 Å². The highest BCUT2D eigenvalue weighted by Gasteiger charge is 2.21. The van der Waals surface area contributed by atoms with Crippen molar-refractivity contribution in [1.29, 1.82) is 5.41 Å². The molecule has 0 saturated carbocycles. The highest BCUT2D eigenvalue weighted by atomic mass is 32.2. The summed E-state index contributed by atoms with van der Waals surface area (Å²) in [6, 6.07) is 30.4. The second kappa shape index (κ2) is 10.6. The van der Waals surface area contributed by atoms with Gasteiger partial charge < -0.3 is 11.1 Å². The molecule has 0 aliphatic rings. The summed E-state index contributed by atoms with van der Waals surface area (Å²) < 4.78 is 23.3. The number of amidine groups is 1. The van der Waals surface area contributed by atoms with Crippen LogP contribution < -0.4 is 16.2 Å². The van der Waals surface area contributed by atoms with Gasteiger partial charge in [0.1, 0.15) is 5.84 Å². The molecule has 0 heterocycles. The van der Waals surface area contributed by atoms with Crippen molar-refractivity contribution in [2.75, 3.05) is 5.32 Å². The predicted octanol–water partition coefficient (Wildman–Crippen LogP) is 4.25. The number of rotatable bonds is 8. The van der Waals surface area contributed by atoms with Crippen molar-refractivity contribution in [1.82, 2.24) is 0 Å². The number of primary sulfonamides is 1. The zero-order valence-electron chi connectivity index (χ0n) is 19.4. The minimum Gasteiger partial charge on any atom is -0.384 e. The average molecular weight is 499 g/mol. The van der Waals surface area contributed by atoms with Crippen LogP contribution in [0.5, 0.6) is 0 Å². The van der Waals surface area contributed by atoms with Crippen molar-refractivity contribution in [2.45, 2.75) is 17.2 Å². The topological polar surface area (TPSA) is 139 Å². The molecule has 0 aromatic heterocycles. The Labute approximate surface area is 210 Å². The second-order valence-electron chi connectivity index (χ2n) is 8.42. The van der Waals surface area contributed by atoms with Crippen molar-refractivity contribution in [3.63, 3.8) is 0 Å². The molecule has 1 atom stereocenters. The van der Waals surface area contributed by atoms with Crippen LogP contribution in [0.2, 0.25) is 0 Å². The van der Waals surface area contributed by atoms with Gasteiger partial charge in [-0.3, -0.25) is 10.2 Å². The summed E-state index contributed by atoms with van der Waals surface area (Å²) in [5.74, 6) is -0.648. The fourth-order valence-electron chi connectivity index (χ4n) is 3.98. The van der Waals surface area contributed by atoms with Crippen LogP contribution in [0.25, 0.3) is 11.1 Å². The first-order valence-corrected chi connectivity index (χ1v) is 12.8. The zero-order valence-corrected chi connectivity index (χ0v) is 20.2. The molecule has 0 fully saturated rings. The number of amides is 1. The molecule has 0 saturated heterocycles. The Balaban J connectivity index is 1.56. The van der Waals surface area contributed by atoms with E-state index in [0.29, 0.717) is 23.2 Å². The number of sulfonamides is 1. The molecular weight excluding hydrogens is 472 g/mol. The number of hydrogen-bond acceptors (Lipinski definition) is 4. The predicted molar refractivity (Wildman–Crippen MR) is 142 cm³/mol. The summed E-state index contributed by atoms with van der Waals surface area (Å²) in [6.07, 6.45) is 0.440. The molecule has 4 aromatic carbocycles. The van der Waals surface area contributed by atoms with Crippen LogP contribution in [-0.2, 0) is 21.2 Å². The first kappa shape index (κ1) is 24.8. The lowest BCUT2D eigenvalue weighted by atomic mass is 9.90. The average Bonchev–Trinajstić information content (AvgIpc) is 2.88. The van der Waals surface area contributed by atoms with E-state index in [1.165, 1.54) is 12.1 Å². The van der Waals surface area contributed by atoms with Crippen LogP contribution in [0, 0.1) is 5.41 Å². The van der Waals surface area contributed by atoms with Crippen LogP contribution in [0.4, 0.5) is 5.69 Å². The third kappa shape index (κ3) is 6.04. The Morgan fingerprint density at radius 1 is 0.833 bits per heavy atom. The summed E-state index contributed by atoms with van der Waals surface area (Å²) in [7, 11) is -3.80. The maximum absolute atomic E-state index is 13.4. The molecule has 0 spiro atoms. The molecule has 8 heteroatoms. The number of hydrogen-bond donors (Lipinski definition) is 4. The van der Waals surface area contributed by atoms with Crippen LogP contribution in [-0.4, -0.2) is 20.2 Å². The van der Waals surface area contributed by atoms with Gasteiger partial charge in [-0.25, -0.2) is 13.6 Å². The first-order chi connectivity index (χ1) is 17.2. The molecule has 36 heavy (non-hydrogen) atoms. The molecule has 0 aliphatic heterocycles. The monoisotopic (exact) mass is 498 g/mol. The fourth-order valence-corrected chi connectivity index (χ4v) is 4.54. The van der Waals surface area contributed by atoms with Gasteiger partial charge in [0, 0.05) is 11.3 Å². The van der Waals surface area contributed by atoms with Gasteiger partial charge in [0.25, 0.3) is 0 Å². The molecule has 0 radical (unpaired) electrons. The Morgan fingerprint density at radius 2 is 1.53 bits per heavy atom. The molecule has 182 valence electrons. The standard InChI is InChI=1S/C28H26N4O3S/c29-27(30)23-10-4-6-19(16-23)17-26(21-7-2-1-3-8-21)28(33)32-24-14-12-20(13-15-24)22-9-5-11-25(18-22)36(31,34)35/h1-16,18,26H,17H2,(H3,29,30)(H,32,33)(H2,31,34,35). The van der Waals surface area contributed by atoms with Crippen molar-refractivity contribution >= 4 is 27.5 Å². The van der Waals surface area contributed by atoms with E-state index in [4.69, 9.17) is 16.3 Å². The van der Waals surface area contributed by atoms with Gasteiger partial charge in [-0.05, 0) is 59.0 Å². The van der Waals surface area contributed by atoms with Gasteiger partial charge >= 0.3 is 0 Å². The van der Waals surface area contributed by atoms with E-state index in [1.807, 2.05) is 60.7 Å². The zero-order chi connectivity index (χ0) is 25.7. The summed E-state index contributed by atoms with van der Waals surface area (Å²) in [5.41, 5.74) is 10.1. The van der Waals surface area contributed by atoms with E-state index in [-0.39, 0.29) is 16.6 Å². The minimum atomic E-state index is -3.80. The largest absolute Gasteiger partial charge is 0.384 e. The van der Waals surface area contributed by atoms with Gasteiger partial charge in [-0.15, -0.1) is 0 Å². The van der Waals surface area contributed by atoms with E-state index >= 15 is 0 Å². The summed E-state index contributed by atoms with van der Waals surface area (Å²) in [6.45, 7) is 0. The Kier molecular flexibility index (Phi) is 7.28. The van der Waals surface area contributed by atoms with Crippen LogP contribution >= 0.6 is 0 Å². The molecule has 4 rings (SSSR count). The number of nitrogens with one attached hydrogen (secondary N) is 2. The van der Waals surface area contributed by atoms with Crippen molar-refractivity contribution in [3.8, 4) is 11.1 Å². The number of carbonyl (C=O) groups is 1. The third-order valence-corrected chi connectivity index (χ3v) is 6.76. The Hall–Kier alpha value is -4.27.